The molecule has 2 rings (SSSR count). The average Bonchev–Trinajstić information content (AvgIpc) is 2.66. The van der Waals surface area contributed by atoms with Gasteiger partial charge in [-0.3, -0.25) is 4.79 Å². The topological polar surface area (TPSA) is 49.8 Å². The molecule has 1 N–H and O–H groups in total. The van der Waals surface area contributed by atoms with Crippen LogP contribution >= 0.6 is 0 Å². The van der Waals surface area contributed by atoms with Crippen LogP contribution in [0.15, 0.2) is 0 Å². The molecule has 1 unspecified atom stereocenters. The Kier molecular flexibility index (Phi) is 1.83. The van der Waals surface area contributed by atoms with Gasteiger partial charge in [0.05, 0.1) is 18.1 Å². The predicted octanol–water partition coefficient (Wildman–Crippen LogP) is 1.42. The van der Waals surface area contributed by atoms with Crippen molar-refractivity contribution in [3.8, 4) is 0 Å². The lowest BCUT2D eigenvalue weighted by atomic mass is 9.82. The first kappa shape index (κ1) is 8.05. The highest BCUT2D eigenvalue weighted by Gasteiger charge is 2.45. The molecule has 12 heavy (non-hydrogen) atoms. The van der Waals surface area contributed by atoms with Gasteiger partial charge in [0.2, 0.25) is 0 Å². The van der Waals surface area contributed by atoms with Crippen LogP contribution in [0.4, 0.5) is 0 Å². The molecule has 3 heteroatoms. The summed E-state index contributed by atoms with van der Waals surface area (Å²) in [6.45, 7) is 0.773. The largest absolute Gasteiger partial charge is 0.481 e. The predicted molar refractivity (Wildman–Crippen MR) is 42.9 cm³/mol. The van der Waals surface area contributed by atoms with Crippen LogP contribution in [0.25, 0.3) is 0 Å². The fourth-order valence-electron chi connectivity index (χ4n) is 2.18. The van der Waals surface area contributed by atoms with Gasteiger partial charge in [0.1, 0.15) is 0 Å². The molecule has 0 radical (unpaired) electrons. The summed E-state index contributed by atoms with van der Waals surface area (Å²) in [6.07, 6.45) is 4.82. The van der Waals surface area contributed by atoms with E-state index in [1.807, 2.05) is 0 Å². The highest BCUT2D eigenvalue weighted by molar-refractivity contribution is 5.75. The molecule has 1 aliphatic carbocycles. The number of rotatable bonds is 3. The smallest absolute Gasteiger partial charge is 0.309 e. The fourth-order valence-corrected chi connectivity index (χ4v) is 2.18. The molecular weight excluding hydrogens is 156 g/mol. The second-order valence-electron chi connectivity index (χ2n) is 3.95. The molecule has 1 aliphatic heterocycles. The number of hydrogen-bond acceptors (Lipinski definition) is 2. The van der Waals surface area contributed by atoms with Crippen molar-refractivity contribution in [2.45, 2.75) is 38.2 Å². The van der Waals surface area contributed by atoms with Crippen LogP contribution in [0.5, 0.6) is 0 Å². The van der Waals surface area contributed by atoms with Gasteiger partial charge in [0.25, 0.3) is 0 Å². The van der Waals surface area contributed by atoms with Crippen molar-refractivity contribution in [2.75, 3.05) is 6.61 Å². The summed E-state index contributed by atoms with van der Waals surface area (Å²) >= 11 is 0. The summed E-state index contributed by atoms with van der Waals surface area (Å²) in [4.78, 5) is 11.0. The van der Waals surface area contributed by atoms with Crippen molar-refractivity contribution in [3.05, 3.63) is 0 Å². The maximum absolute atomic E-state index is 11.0. The molecule has 0 aromatic heterocycles. The first-order valence-electron chi connectivity index (χ1n) is 4.58. The minimum absolute atomic E-state index is 0.249. The van der Waals surface area contributed by atoms with E-state index in [-0.39, 0.29) is 6.10 Å². The molecule has 0 amide bonds. The first-order chi connectivity index (χ1) is 5.73. The van der Waals surface area contributed by atoms with Crippen LogP contribution in [-0.4, -0.2) is 23.8 Å². The summed E-state index contributed by atoms with van der Waals surface area (Å²) in [5.74, 6) is -0.615. The number of epoxide rings is 1. The van der Waals surface area contributed by atoms with Gasteiger partial charge >= 0.3 is 5.97 Å². The standard InChI is InChI=1S/C9H14O3/c10-8(11)9(3-1-2-4-9)5-7-6-12-7/h7H,1-6H2,(H,10,11). The molecule has 0 aromatic rings. The third-order valence-electron chi connectivity index (χ3n) is 3.04. The third kappa shape index (κ3) is 1.33. The molecule has 1 saturated heterocycles. The number of carbonyl (C=O) groups is 1. The Hall–Kier alpha value is -0.570. The monoisotopic (exact) mass is 170 g/mol. The van der Waals surface area contributed by atoms with Gasteiger partial charge in [-0.05, 0) is 19.3 Å². The van der Waals surface area contributed by atoms with Crippen molar-refractivity contribution in [2.24, 2.45) is 5.41 Å². The minimum atomic E-state index is -0.615. The van der Waals surface area contributed by atoms with E-state index in [1.165, 1.54) is 0 Å². The highest BCUT2D eigenvalue weighted by Crippen LogP contribution is 2.44. The van der Waals surface area contributed by atoms with Crippen molar-refractivity contribution in [3.63, 3.8) is 0 Å². The Bertz CT molecular complexity index is 190. The molecule has 1 saturated carbocycles. The molecule has 0 spiro atoms. The van der Waals surface area contributed by atoms with Crippen LogP contribution < -0.4 is 0 Å². The maximum Gasteiger partial charge on any atom is 0.309 e. The Morgan fingerprint density at radius 1 is 1.50 bits per heavy atom. The summed E-state index contributed by atoms with van der Waals surface area (Å²) < 4.78 is 5.08. The molecule has 0 bridgehead atoms. The van der Waals surface area contributed by atoms with Crippen LogP contribution in [0.3, 0.4) is 0 Å². The van der Waals surface area contributed by atoms with Gasteiger partial charge in [-0.15, -0.1) is 0 Å². The Morgan fingerprint density at radius 2 is 2.08 bits per heavy atom. The van der Waals surface area contributed by atoms with Crippen LogP contribution in [0.1, 0.15) is 32.1 Å². The minimum Gasteiger partial charge on any atom is -0.481 e. The third-order valence-corrected chi connectivity index (χ3v) is 3.04. The number of aliphatic carboxylic acids is 1. The van der Waals surface area contributed by atoms with Gasteiger partial charge in [-0.25, -0.2) is 0 Å². The zero-order valence-electron chi connectivity index (χ0n) is 7.08. The average molecular weight is 170 g/mol. The van der Waals surface area contributed by atoms with Crippen molar-refractivity contribution in [1.29, 1.82) is 0 Å². The zero-order chi connectivity index (χ0) is 8.60. The normalized spacial score (nSPS) is 31.8. The van der Waals surface area contributed by atoms with Gasteiger partial charge in [0.15, 0.2) is 0 Å². The Balaban J connectivity index is 2.03. The number of carboxylic acid groups (broad SMARTS) is 1. The molecular formula is C9H14O3. The summed E-state index contributed by atoms with van der Waals surface area (Å²) in [7, 11) is 0. The SMILES string of the molecule is O=C(O)C1(CC2CO2)CCCC1. The van der Waals surface area contributed by atoms with Crippen molar-refractivity contribution >= 4 is 5.97 Å². The molecule has 2 aliphatic rings. The fraction of sp³-hybridized carbons (Fsp3) is 0.889. The number of carboxylic acids is 1. The van der Waals surface area contributed by atoms with E-state index in [0.717, 1.165) is 38.7 Å². The number of ether oxygens (including phenoxy) is 1. The van der Waals surface area contributed by atoms with Crippen molar-refractivity contribution < 1.29 is 14.6 Å². The quantitative estimate of drug-likeness (QED) is 0.652. The second-order valence-corrected chi connectivity index (χ2v) is 3.95. The van der Waals surface area contributed by atoms with Gasteiger partial charge in [0, 0.05) is 0 Å². The molecule has 2 fully saturated rings. The first-order valence-corrected chi connectivity index (χ1v) is 4.58. The maximum atomic E-state index is 11.0. The molecule has 68 valence electrons. The van der Waals surface area contributed by atoms with E-state index in [9.17, 15) is 4.79 Å². The van der Waals surface area contributed by atoms with Gasteiger partial charge < -0.3 is 9.84 Å². The molecule has 3 nitrogen and oxygen atoms in total. The Morgan fingerprint density at radius 3 is 2.50 bits per heavy atom. The van der Waals surface area contributed by atoms with Gasteiger partial charge in [-0.1, -0.05) is 12.8 Å². The van der Waals surface area contributed by atoms with Crippen LogP contribution in [0, 0.1) is 5.41 Å². The molecule has 1 atom stereocenters. The highest BCUT2D eigenvalue weighted by atomic mass is 16.6. The summed E-state index contributed by atoms with van der Waals surface area (Å²) in [5.41, 5.74) is -0.429. The van der Waals surface area contributed by atoms with E-state index >= 15 is 0 Å². The van der Waals surface area contributed by atoms with E-state index in [1.54, 1.807) is 0 Å². The number of hydrogen-bond donors (Lipinski definition) is 1. The van der Waals surface area contributed by atoms with Gasteiger partial charge in [-0.2, -0.15) is 0 Å². The molecule has 1 heterocycles. The van der Waals surface area contributed by atoms with E-state index in [4.69, 9.17) is 9.84 Å². The lowest BCUT2D eigenvalue weighted by Crippen LogP contribution is -2.29. The zero-order valence-corrected chi connectivity index (χ0v) is 7.08. The van der Waals surface area contributed by atoms with Crippen LogP contribution in [0.2, 0.25) is 0 Å². The van der Waals surface area contributed by atoms with Crippen LogP contribution in [-0.2, 0) is 9.53 Å². The summed E-state index contributed by atoms with van der Waals surface area (Å²) in [5, 5.41) is 9.08. The van der Waals surface area contributed by atoms with E-state index in [2.05, 4.69) is 0 Å². The molecule has 0 aromatic carbocycles. The van der Waals surface area contributed by atoms with Crippen molar-refractivity contribution in [1.82, 2.24) is 0 Å². The lowest BCUT2D eigenvalue weighted by Gasteiger charge is -2.22. The second kappa shape index (κ2) is 2.73. The Labute approximate surface area is 71.7 Å². The summed E-state index contributed by atoms with van der Waals surface area (Å²) in [6, 6.07) is 0. The van der Waals surface area contributed by atoms with E-state index < -0.39 is 11.4 Å². The van der Waals surface area contributed by atoms with E-state index in [0.29, 0.717) is 0 Å². The lowest BCUT2D eigenvalue weighted by molar-refractivity contribution is -0.149.